The zero-order chi connectivity index (χ0) is 23.0. The fourth-order valence-corrected chi connectivity index (χ4v) is 3.20. The van der Waals surface area contributed by atoms with Crippen LogP contribution in [0.25, 0.3) is 0 Å². The minimum absolute atomic E-state index is 0.00397. The molecule has 2 aromatic rings. The molecule has 0 bridgehead atoms. The summed E-state index contributed by atoms with van der Waals surface area (Å²) in [5.41, 5.74) is -3.82. The molecule has 1 fully saturated rings. The van der Waals surface area contributed by atoms with E-state index in [0.717, 1.165) is 4.90 Å². The van der Waals surface area contributed by atoms with Gasteiger partial charge in [0.2, 0.25) is 0 Å². The molecule has 3 rings (SSSR count). The van der Waals surface area contributed by atoms with Gasteiger partial charge in [-0.3, -0.25) is 9.59 Å². The first kappa shape index (κ1) is 22.4. The molecule has 0 aromatic heterocycles. The largest absolute Gasteiger partial charge is 0.507 e. The maximum absolute atomic E-state index is 13.0. The molecule has 5 nitrogen and oxygen atoms in total. The van der Waals surface area contributed by atoms with Gasteiger partial charge in [-0.1, -0.05) is 12.1 Å². The van der Waals surface area contributed by atoms with Crippen molar-refractivity contribution in [2.45, 2.75) is 12.4 Å². The molecule has 2 amide bonds. The molecule has 0 aliphatic carbocycles. The summed E-state index contributed by atoms with van der Waals surface area (Å²) in [5.74, 6) is -1.72. The molecule has 0 saturated carbocycles. The van der Waals surface area contributed by atoms with Crippen LogP contribution in [0.5, 0.6) is 5.75 Å². The van der Waals surface area contributed by atoms with Crippen LogP contribution in [0.1, 0.15) is 31.8 Å². The van der Waals surface area contributed by atoms with Gasteiger partial charge in [0.15, 0.2) is 0 Å². The summed E-state index contributed by atoms with van der Waals surface area (Å²) >= 11 is 0. The molecule has 166 valence electrons. The van der Waals surface area contributed by atoms with Crippen molar-refractivity contribution < 1.29 is 41.0 Å². The quantitative estimate of drug-likeness (QED) is 0.709. The Hall–Kier alpha value is -3.24. The van der Waals surface area contributed by atoms with E-state index in [9.17, 15) is 41.0 Å². The molecule has 1 aliphatic heterocycles. The molecule has 1 aliphatic rings. The number of amides is 2. The van der Waals surface area contributed by atoms with Gasteiger partial charge in [0.05, 0.1) is 16.7 Å². The second-order valence-electron chi connectivity index (χ2n) is 6.90. The Balaban J connectivity index is 1.78. The molecular weight excluding hydrogens is 430 g/mol. The van der Waals surface area contributed by atoms with Gasteiger partial charge < -0.3 is 14.9 Å². The first-order valence-electron chi connectivity index (χ1n) is 9.04. The number of para-hydroxylation sites is 1. The Morgan fingerprint density at radius 3 is 1.65 bits per heavy atom. The van der Waals surface area contributed by atoms with E-state index < -0.39 is 40.9 Å². The number of halogens is 6. The molecule has 0 atom stereocenters. The second kappa shape index (κ2) is 8.12. The highest BCUT2D eigenvalue weighted by atomic mass is 19.4. The molecule has 1 saturated heterocycles. The number of phenolic OH excluding ortho intramolecular Hbond substituents is 1. The summed E-state index contributed by atoms with van der Waals surface area (Å²) < 4.78 is 78.1. The van der Waals surface area contributed by atoms with Gasteiger partial charge >= 0.3 is 12.4 Å². The van der Waals surface area contributed by atoms with Gasteiger partial charge in [0.1, 0.15) is 5.75 Å². The highest BCUT2D eigenvalue weighted by Crippen LogP contribution is 2.36. The van der Waals surface area contributed by atoms with Crippen LogP contribution in [0, 0.1) is 0 Å². The Morgan fingerprint density at radius 2 is 1.19 bits per heavy atom. The Kier molecular flexibility index (Phi) is 5.88. The Morgan fingerprint density at radius 1 is 0.742 bits per heavy atom. The van der Waals surface area contributed by atoms with Crippen LogP contribution in [-0.2, 0) is 12.4 Å². The summed E-state index contributed by atoms with van der Waals surface area (Å²) in [7, 11) is 0. The van der Waals surface area contributed by atoms with Crippen LogP contribution in [-0.4, -0.2) is 52.9 Å². The van der Waals surface area contributed by atoms with Gasteiger partial charge in [-0.15, -0.1) is 0 Å². The maximum atomic E-state index is 13.0. The molecule has 11 heteroatoms. The van der Waals surface area contributed by atoms with Crippen molar-refractivity contribution in [2.24, 2.45) is 0 Å². The first-order valence-corrected chi connectivity index (χ1v) is 9.04. The third-order valence-corrected chi connectivity index (χ3v) is 4.82. The van der Waals surface area contributed by atoms with E-state index in [-0.39, 0.29) is 43.6 Å². The smallest absolute Gasteiger partial charge is 0.416 e. The van der Waals surface area contributed by atoms with E-state index in [1.807, 2.05) is 0 Å². The van der Waals surface area contributed by atoms with Crippen LogP contribution >= 0.6 is 0 Å². The van der Waals surface area contributed by atoms with Gasteiger partial charge in [-0.05, 0) is 30.3 Å². The third-order valence-electron chi connectivity index (χ3n) is 4.82. The lowest BCUT2D eigenvalue weighted by Gasteiger charge is -2.35. The zero-order valence-electron chi connectivity index (χ0n) is 15.8. The number of rotatable bonds is 2. The second-order valence-corrected chi connectivity index (χ2v) is 6.90. The van der Waals surface area contributed by atoms with Gasteiger partial charge in [-0.2, -0.15) is 26.3 Å². The average Bonchev–Trinajstić information content (AvgIpc) is 2.71. The van der Waals surface area contributed by atoms with E-state index in [0.29, 0.717) is 12.1 Å². The van der Waals surface area contributed by atoms with Crippen LogP contribution in [0.3, 0.4) is 0 Å². The number of carbonyl (C=O) groups is 2. The highest BCUT2D eigenvalue weighted by Gasteiger charge is 2.38. The van der Waals surface area contributed by atoms with E-state index in [1.54, 1.807) is 6.07 Å². The molecular formula is C20H16F6N2O3. The summed E-state index contributed by atoms with van der Waals surface area (Å²) in [6.45, 7) is -0.167. The van der Waals surface area contributed by atoms with Crippen molar-refractivity contribution in [1.82, 2.24) is 9.80 Å². The number of nitrogens with zero attached hydrogens (tertiary/aromatic N) is 2. The lowest BCUT2D eigenvalue weighted by molar-refractivity contribution is -0.143. The normalized spacial score (nSPS) is 15.2. The number of alkyl halides is 6. The van der Waals surface area contributed by atoms with Gasteiger partial charge in [0, 0.05) is 31.7 Å². The summed E-state index contributed by atoms with van der Waals surface area (Å²) in [4.78, 5) is 27.5. The van der Waals surface area contributed by atoms with Crippen molar-refractivity contribution in [1.29, 1.82) is 0 Å². The number of hydrogen-bond acceptors (Lipinski definition) is 3. The minimum Gasteiger partial charge on any atom is -0.507 e. The fourth-order valence-electron chi connectivity index (χ4n) is 3.20. The standard InChI is InChI=1S/C20H16F6N2O3/c21-19(22,23)13-9-12(10-14(11-13)20(24,25)26)17(30)27-5-7-28(8-6-27)18(31)15-3-1-2-4-16(15)29/h1-4,9-11,29H,5-8H2. The van der Waals surface area contributed by atoms with Crippen molar-refractivity contribution in [3.8, 4) is 5.75 Å². The molecule has 0 unspecified atom stereocenters. The monoisotopic (exact) mass is 446 g/mol. The van der Waals surface area contributed by atoms with Crippen LogP contribution in [0.15, 0.2) is 42.5 Å². The third kappa shape index (κ3) is 4.92. The van der Waals surface area contributed by atoms with Crippen LogP contribution < -0.4 is 0 Å². The molecule has 2 aromatic carbocycles. The van der Waals surface area contributed by atoms with E-state index in [4.69, 9.17) is 0 Å². The molecule has 31 heavy (non-hydrogen) atoms. The van der Waals surface area contributed by atoms with E-state index in [2.05, 4.69) is 0 Å². The summed E-state index contributed by atoms with van der Waals surface area (Å²) in [5, 5.41) is 9.79. The van der Waals surface area contributed by atoms with Crippen LogP contribution in [0.2, 0.25) is 0 Å². The zero-order valence-corrected chi connectivity index (χ0v) is 15.8. The lowest BCUT2D eigenvalue weighted by Crippen LogP contribution is -2.50. The van der Waals surface area contributed by atoms with Crippen molar-refractivity contribution >= 4 is 11.8 Å². The number of benzene rings is 2. The Bertz CT molecular complexity index is 963. The van der Waals surface area contributed by atoms with Crippen LogP contribution in [0.4, 0.5) is 26.3 Å². The van der Waals surface area contributed by atoms with E-state index >= 15 is 0 Å². The first-order chi connectivity index (χ1) is 14.4. The highest BCUT2D eigenvalue weighted by molar-refractivity contribution is 5.97. The Labute approximate surface area is 172 Å². The predicted molar refractivity (Wildman–Crippen MR) is 96.4 cm³/mol. The van der Waals surface area contributed by atoms with E-state index in [1.165, 1.54) is 23.1 Å². The number of phenols is 1. The van der Waals surface area contributed by atoms with Gasteiger partial charge in [-0.25, -0.2) is 0 Å². The van der Waals surface area contributed by atoms with Crippen molar-refractivity contribution in [2.75, 3.05) is 26.2 Å². The SMILES string of the molecule is O=C(c1cc(C(F)(F)F)cc(C(F)(F)F)c1)N1CCN(C(=O)c2ccccc2O)CC1. The topological polar surface area (TPSA) is 60.9 Å². The molecule has 0 radical (unpaired) electrons. The summed E-state index contributed by atoms with van der Waals surface area (Å²) in [6.07, 6.45) is -10.1. The number of hydrogen-bond donors (Lipinski definition) is 1. The van der Waals surface area contributed by atoms with Gasteiger partial charge in [0.25, 0.3) is 11.8 Å². The molecule has 0 spiro atoms. The summed E-state index contributed by atoms with van der Waals surface area (Å²) in [6, 6.07) is 6.56. The fraction of sp³-hybridized carbons (Fsp3) is 0.300. The lowest BCUT2D eigenvalue weighted by atomic mass is 10.0. The molecule has 1 heterocycles. The predicted octanol–water partition coefficient (Wildman–Crippen LogP) is 4.03. The average molecular weight is 446 g/mol. The molecule has 1 N–H and O–H groups in total. The maximum Gasteiger partial charge on any atom is 0.416 e. The number of piperazine rings is 1. The number of carbonyl (C=O) groups excluding carboxylic acids is 2. The van der Waals surface area contributed by atoms with Crippen molar-refractivity contribution in [3.05, 3.63) is 64.7 Å². The number of aromatic hydroxyl groups is 1. The minimum atomic E-state index is -5.06. The van der Waals surface area contributed by atoms with Crippen molar-refractivity contribution in [3.63, 3.8) is 0 Å².